The van der Waals surface area contributed by atoms with E-state index in [9.17, 15) is 13.6 Å². The summed E-state index contributed by atoms with van der Waals surface area (Å²) in [5, 5.41) is 0. The van der Waals surface area contributed by atoms with Gasteiger partial charge < -0.3 is 0 Å². The smallest absolute Gasteiger partial charge is 0.179 e. The first kappa shape index (κ1) is 16.1. The summed E-state index contributed by atoms with van der Waals surface area (Å²) in [6.45, 7) is 5.20. The van der Waals surface area contributed by atoms with Crippen LogP contribution < -0.4 is 0 Å². The minimum atomic E-state index is -0.641. The van der Waals surface area contributed by atoms with Crippen molar-refractivity contribution in [1.82, 2.24) is 4.90 Å². The molecule has 0 aromatic heterocycles. The van der Waals surface area contributed by atoms with Crippen molar-refractivity contribution < 1.29 is 13.6 Å². The lowest BCUT2D eigenvalue weighted by Crippen LogP contribution is -2.40. The molecule has 0 heterocycles. The molecule has 1 saturated carbocycles. The second-order valence-electron chi connectivity index (χ2n) is 6.31. The molecule has 0 unspecified atom stereocenters. The highest BCUT2D eigenvalue weighted by atomic mass is 19.1. The van der Waals surface area contributed by atoms with Gasteiger partial charge in [-0.15, -0.1) is 0 Å². The number of nitrogens with zero attached hydrogens (tertiary/aromatic N) is 1. The maximum Gasteiger partial charge on any atom is 0.179 e. The molecule has 0 atom stereocenters. The molecule has 2 nitrogen and oxygen atoms in total. The Hall–Kier alpha value is -1.29. The zero-order valence-electron chi connectivity index (χ0n) is 12.7. The second kappa shape index (κ2) is 7.12. The predicted molar refractivity (Wildman–Crippen MR) is 79.4 cm³/mol. The van der Waals surface area contributed by atoms with E-state index in [1.807, 2.05) is 0 Å². The highest BCUT2D eigenvalue weighted by Crippen LogP contribution is 2.24. The quantitative estimate of drug-likeness (QED) is 0.738. The Bertz CT molecular complexity index is 496. The topological polar surface area (TPSA) is 20.3 Å². The molecule has 0 spiro atoms. The summed E-state index contributed by atoms with van der Waals surface area (Å²) in [5.41, 5.74) is -0.137. The second-order valence-corrected chi connectivity index (χ2v) is 6.31. The first-order chi connectivity index (χ1) is 9.97. The Labute approximate surface area is 125 Å². The zero-order valence-corrected chi connectivity index (χ0v) is 12.7. The lowest BCUT2D eigenvalue weighted by atomic mass is 10.1. The van der Waals surface area contributed by atoms with Crippen molar-refractivity contribution in [2.45, 2.75) is 45.6 Å². The molecule has 2 rings (SSSR count). The van der Waals surface area contributed by atoms with Crippen LogP contribution in [0.5, 0.6) is 0 Å². The first-order valence-corrected chi connectivity index (χ1v) is 7.69. The van der Waals surface area contributed by atoms with E-state index < -0.39 is 11.6 Å². The number of Topliss-reactive ketones (excluding diaryl/α,β-unsaturated/α-hetero) is 1. The van der Waals surface area contributed by atoms with Crippen LogP contribution in [0.25, 0.3) is 0 Å². The number of hydrogen-bond donors (Lipinski definition) is 0. The lowest BCUT2D eigenvalue weighted by Gasteiger charge is -2.29. The van der Waals surface area contributed by atoms with E-state index in [2.05, 4.69) is 18.7 Å². The number of hydrogen-bond acceptors (Lipinski definition) is 2. The third kappa shape index (κ3) is 4.34. The number of benzene rings is 1. The van der Waals surface area contributed by atoms with Crippen LogP contribution in [0.3, 0.4) is 0 Å². The fourth-order valence-electron chi connectivity index (χ4n) is 3.06. The molecule has 0 amide bonds. The van der Waals surface area contributed by atoms with E-state index >= 15 is 0 Å². The fourth-order valence-corrected chi connectivity index (χ4v) is 3.06. The van der Waals surface area contributed by atoms with Gasteiger partial charge in [-0.1, -0.05) is 26.7 Å². The number of ketones is 1. The van der Waals surface area contributed by atoms with Crippen LogP contribution in [0.1, 0.15) is 49.9 Å². The first-order valence-electron chi connectivity index (χ1n) is 7.69. The molecule has 21 heavy (non-hydrogen) atoms. The van der Waals surface area contributed by atoms with Crippen LogP contribution in [-0.4, -0.2) is 29.8 Å². The predicted octanol–water partition coefficient (Wildman–Crippen LogP) is 4.05. The van der Waals surface area contributed by atoms with E-state index in [0.717, 1.165) is 37.6 Å². The average molecular weight is 295 g/mol. The third-order valence-electron chi connectivity index (χ3n) is 4.02. The Balaban J connectivity index is 2.11. The van der Waals surface area contributed by atoms with Crippen molar-refractivity contribution in [3.63, 3.8) is 0 Å². The summed E-state index contributed by atoms with van der Waals surface area (Å²) in [5.74, 6) is -1.11. The summed E-state index contributed by atoms with van der Waals surface area (Å²) < 4.78 is 26.9. The molecule has 0 bridgehead atoms. The fraction of sp³-hybridized carbons (Fsp3) is 0.588. The Morgan fingerprint density at radius 2 is 1.95 bits per heavy atom. The van der Waals surface area contributed by atoms with Crippen molar-refractivity contribution in [2.75, 3.05) is 13.1 Å². The number of carbonyl (C=O) groups is 1. The van der Waals surface area contributed by atoms with Gasteiger partial charge in [-0.05, 0) is 37.0 Å². The SMILES string of the molecule is CC(C)CN(CC(=O)c1cc(F)ccc1F)C1CCCC1. The third-order valence-corrected chi connectivity index (χ3v) is 4.02. The maximum atomic E-state index is 13.7. The van der Waals surface area contributed by atoms with Gasteiger partial charge in [0.25, 0.3) is 0 Å². The molecule has 116 valence electrons. The molecule has 0 aliphatic heterocycles. The number of carbonyl (C=O) groups excluding carboxylic acids is 1. The Morgan fingerprint density at radius 3 is 2.57 bits per heavy atom. The van der Waals surface area contributed by atoms with Crippen LogP contribution in [0.4, 0.5) is 8.78 Å². The van der Waals surface area contributed by atoms with Gasteiger partial charge in [0.05, 0.1) is 12.1 Å². The lowest BCUT2D eigenvalue weighted by molar-refractivity contribution is 0.0872. The molecule has 0 saturated heterocycles. The average Bonchev–Trinajstić information content (AvgIpc) is 2.94. The van der Waals surface area contributed by atoms with E-state index in [0.29, 0.717) is 12.0 Å². The molecule has 0 N–H and O–H groups in total. The van der Waals surface area contributed by atoms with Gasteiger partial charge in [-0.25, -0.2) is 8.78 Å². The molecule has 4 heteroatoms. The van der Waals surface area contributed by atoms with E-state index in [1.165, 1.54) is 12.8 Å². The summed E-state index contributed by atoms with van der Waals surface area (Å²) in [6, 6.07) is 3.45. The van der Waals surface area contributed by atoms with Crippen molar-refractivity contribution in [1.29, 1.82) is 0 Å². The van der Waals surface area contributed by atoms with Crippen molar-refractivity contribution in [3.05, 3.63) is 35.4 Å². The summed E-state index contributed by atoms with van der Waals surface area (Å²) in [6.07, 6.45) is 4.54. The molecule has 1 aliphatic rings. The van der Waals surface area contributed by atoms with Gasteiger partial charge in [0.2, 0.25) is 0 Å². The molecule has 1 fully saturated rings. The van der Waals surface area contributed by atoms with Gasteiger partial charge in [0.15, 0.2) is 5.78 Å². The van der Waals surface area contributed by atoms with Crippen molar-refractivity contribution in [3.8, 4) is 0 Å². The Kier molecular flexibility index (Phi) is 5.45. The highest BCUT2D eigenvalue weighted by molar-refractivity contribution is 5.97. The minimum Gasteiger partial charge on any atom is -0.293 e. The zero-order chi connectivity index (χ0) is 15.4. The summed E-state index contributed by atoms with van der Waals surface area (Å²) in [7, 11) is 0. The minimum absolute atomic E-state index is 0.137. The van der Waals surface area contributed by atoms with Gasteiger partial charge in [-0.3, -0.25) is 9.69 Å². The maximum absolute atomic E-state index is 13.7. The van der Waals surface area contributed by atoms with E-state index in [4.69, 9.17) is 0 Å². The normalized spacial score (nSPS) is 16.1. The van der Waals surface area contributed by atoms with Gasteiger partial charge in [0, 0.05) is 12.6 Å². The summed E-state index contributed by atoms with van der Waals surface area (Å²) in [4.78, 5) is 14.5. The largest absolute Gasteiger partial charge is 0.293 e. The van der Waals surface area contributed by atoms with Crippen LogP contribution in [0.15, 0.2) is 18.2 Å². The standard InChI is InChI=1S/C17H23F2NO/c1-12(2)10-20(14-5-3-4-6-14)11-17(21)15-9-13(18)7-8-16(15)19/h7-9,12,14H,3-6,10-11H2,1-2H3. The number of rotatable bonds is 6. The van der Waals surface area contributed by atoms with Crippen molar-refractivity contribution >= 4 is 5.78 Å². The van der Waals surface area contributed by atoms with E-state index in [1.54, 1.807) is 0 Å². The van der Waals surface area contributed by atoms with Crippen molar-refractivity contribution in [2.24, 2.45) is 5.92 Å². The molecule has 1 aromatic carbocycles. The van der Waals surface area contributed by atoms with Gasteiger partial charge in [-0.2, -0.15) is 0 Å². The highest BCUT2D eigenvalue weighted by Gasteiger charge is 2.26. The van der Waals surface area contributed by atoms with Gasteiger partial charge in [0.1, 0.15) is 11.6 Å². The summed E-state index contributed by atoms with van der Waals surface area (Å²) >= 11 is 0. The van der Waals surface area contributed by atoms with Crippen LogP contribution in [0, 0.1) is 17.6 Å². The molecule has 1 aromatic rings. The van der Waals surface area contributed by atoms with Crippen LogP contribution in [-0.2, 0) is 0 Å². The molecule has 0 radical (unpaired) electrons. The molecular weight excluding hydrogens is 272 g/mol. The molecule has 1 aliphatic carbocycles. The van der Waals surface area contributed by atoms with Crippen LogP contribution in [0.2, 0.25) is 0 Å². The van der Waals surface area contributed by atoms with Gasteiger partial charge >= 0.3 is 0 Å². The van der Waals surface area contributed by atoms with E-state index in [-0.39, 0.29) is 17.9 Å². The molecular formula is C17H23F2NO. The monoisotopic (exact) mass is 295 g/mol. The number of halogens is 2. The van der Waals surface area contributed by atoms with Crippen LogP contribution >= 0.6 is 0 Å². The Morgan fingerprint density at radius 1 is 1.29 bits per heavy atom.